The minimum Gasteiger partial charge on any atom is -0.211 e. The van der Waals surface area contributed by atoms with E-state index >= 15 is 0 Å². The van der Waals surface area contributed by atoms with Crippen LogP contribution >= 0.6 is 0 Å². The van der Waals surface area contributed by atoms with Crippen molar-refractivity contribution in [1.29, 1.82) is 0 Å². The molecule has 0 spiro atoms. The van der Waals surface area contributed by atoms with Gasteiger partial charge in [-0.2, -0.15) is 9.98 Å². The highest BCUT2D eigenvalue weighted by Gasteiger charge is 2.48. The molecule has 2 aliphatic rings. The number of carbonyl (C=O) groups excluding carboxylic acids is 2. The van der Waals surface area contributed by atoms with E-state index in [9.17, 15) is 9.59 Å². The molecule has 0 saturated heterocycles. The second-order valence-corrected chi connectivity index (χ2v) is 6.39. The molecule has 20 heavy (non-hydrogen) atoms. The summed E-state index contributed by atoms with van der Waals surface area (Å²) in [5.74, 6) is 0.826. The van der Waals surface area contributed by atoms with Crippen LogP contribution in [0.1, 0.15) is 64.7 Å². The van der Waals surface area contributed by atoms with Crippen LogP contribution in [0.4, 0.5) is 0 Å². The Hall–Kier alpha value is -1.24. The van der Waals surface area contributed by atoms with Crippen LogP contribution in [0, 0.1) is 17.8 Å². The van der Waals surface area contributed by atoms with Gasteiger partial charge in [0.2, 0.25) is 12.2 Å². The second kappa shape index (κ2) is 6.97. The molecule has 2 aliphatic carbocycles. The van der Waals surface area contributed by atoms with Gasteiger partial charge in [0.1, 0.15) is 0 Å². The highest BCUT2D eigenvalue weighted by Crippen LogP contribution is 2.47. The molecule has 110 valence electrons. The smallest absolute Gasteiger partial charge is 0.211 e. The lowest BCUT2D eigenvalue weighted by Crippen LogP contribution is -2.46. The zero-order chi connectivity index (χ0) is 14.4. The van der Waals surface area contributed by atoms with Crippen LogP contribution < -0.4 is 0 Å². The minimum atomic E-state index is -0.885. The highest BCUT2D eigenvalue weighted by atomic mass is 16.1. The molecular formula is C16H24N2O2. The monoisotopic (exact) mass is 276 g/mol. The average molecular weight is 276 g/mol. The summed E-state index contributed by atoms with van der Waals surface area (Å²) in [6.45, 7) is 2.20. The summed E-state index contributed by atoms with van der Waals surface area (Å²) >= 11 is 0. The van der Waals surface area contributed by atoms with Crippen LogP contribution in [-0.2, 0) is 9.59 Å². The fourth-order valence-corrected chi connectivity index (χ4v) is 4.30. The van der Waals surface area contributed by atoms with E-state index in [4.69, 9.17) is 0 Å². The molecule has 2 atom stereocenters. The molecule has 0 radical (unpaired) electrons. The molecule has 2 rings (SSSR count). The quantitative estimate of drug-likeness (QED) is 0.580. The average Bonchev–Trinajstić information content (AvgIpc) is 2.48. The van der Waals surface area contributed by atoms with Crippen molar-refractivity contribution in [1.82, 2.24) is 0 Å². The number of hydrogen-bond donors (Lipinski definition) is 0. The predicted molar refractivity (Wildman–Crippen MR) is 76.7 cm³/mol. The zero-order valence-electron chi connectivity index (χ0n) is 12.3. The number of hydrogen-bond acceptors (Lipinski definition) is 4. The third kappa shape index (κ3) is 2.92. The van der Waals surface area contributed by atoms with Crippen LogP contribution in [0.15, 0.2) is 9.98 Å². The molecule has 0 aromatic rings. The topological polar surface area (TPSA) is 58.9 Å². The number of nitrogens with zero attached hydrogens (tertiary/aromatic N) is 2. The van der Waals surface area contributed by atoms with Gasteiger partial charge in [0, 0.05) is 11.8 Å². The van der Waals surface area contributed by atoms with Crippen molar-refractivity contribution in [3.05, 3.63) is 0 Å². The van der Waals surface area contributed by atoms with Gasteiger partial charge in [0.25, 0.3) is 0 Å². The largest absolute Gasteiger partial charge is 0.237 e. The molecule has 0 amide bonds. The first-order valence-corrected chi connectivity index (χ1v) is 7.92. The third-order valence-electron chi connectivity index (χ3n) is 5.31. The Balaban J connectivity index is 2.39. The van der Waals surface area contributed by atoms with Gasteiger partial charge in [-0.1, -0.05) is 45.4 Å². The molecule has 4 nitrogen and oxygen atoms in total. The van der Waals surface area contributed by atoms with Gasteiger partial charge in [-0.3, -0.25) is 0 Å². The third-order valence-corrected chi connectivity index (χ3v) is 5.31. The standard InChI is InChI=1S/C16H24N2O2/c1-13-7-5-6-10-15(13)16(17-11-19,18-12-20)14-8-3-2-4-9-14/h13-15H,2-10H2,1H3. The van der Waals surface area contributed by atoms with E-state index in [2.05, 4.69) is 16.9 Å². The Labute approximate surface area is 120 Å². The molecule has 0 heterocycles. The lowest BCUT2D eigenvalue weighted by Gasteiger charge is -2.44. The Morgan fingerprint density at radius 1 is 0.850 bits per heavy atom. The van der Waals surface area contributed by atoms with Crippen LogP contribution in [0.25, 0.3) is 0 Å². The maximum Gasteiger partial charge on any atom is 0.237 e. The molecule has 0 aliphatic heterocycles. The minimum absolute atomic E-state index is 0.183. The summed E-state index contributed by atoms with van der Waals surface area (Å²) in [5, 5.41) is 0. The molecular weight excluding hydrogens is 252 g/mol. The fourth-order valence-electron chi connectivity index (χ4n) is 4.30. The lowest BCUT2D eigenvalue weighted by molar-refractivity contribution is 0.0783. The molecule has 2 saturated carbocycles. The van der Waals surface area contributed by atoms with E-state index in [1.807, 2.05) is 0 Å². The molecule has 0 aromatic heterocycles. The van der Waals surface area contributed by atoms with Gasteiger partial charge in [0.05, 0.1) is 0 Å². The van der Waals surface area contributed by atoms with Crippen LogP contribution in [0.5, 0.6) is 0 Å². The van der Waals surface area contributed by atoms with E-state index < -0.39 is 5.66 Å². The first-order chi connectivity index (χ1) is 9.74. The highest BCUT2D eigenvalue weighted by molar-refractivity contribution is 5.40. The summed E-state index contributed by atoms with van der Waals surface area (Å²) in [4.78, 5) is 30.2. The van der Waals surface area contributed by atoms with E-state index in [1.165, 1.54) is 12.8 Å². The molecule has 0 aromatic carbocycles. The molecule has 2 fully saturated rings. The van der Waals surface area contributed by atoms with Crippen LogP contribution in [0.3, 0.4) is 0 Å². The molecule has 0 N–H and O–H groups in total. The van der Waals surface area contributed by atoms with Gasteiger partial charge in [-0.25, -0.2) is 9.59 Å². The van der Waals surface area contributed by atoms with E-state index in [0.29, 0.717) is 5.92 Å². The van der Waals surface area contributed by atoms with Crippen molar-refractivity contribution in [3.63, 3.8) is 0 Å². The number of isocyanates is 2. The summed E-state index contributed by atoms with van der Waals surface area (Å²) < 4.78 is 0. The van der Waals surface area contributed by atoms with Crippen molar-refractivity contribution in [2.24, 2.45) is 27.7 Å². The van der Waals surface area contributed by atoms with Crippen LogP contribution in [0.2, 0.25) is 0 Å². The fraction of sp³-hybridized carbons (Fsp3) is 0.875. The first-order valence-electron chi connectivity index (χ1n) is 7.92. The lowest BCUT2D eigenvalue weighted by atomic mass is 9.66. The van der Waals surface area contributed by atoms with Gasteiger partial charge < -0.3 is 0 Å². The van der Waals surface area contributed by atoms with Crippen LogP contribution in [-0.4, -0.2) is 17.8 Å². The van der Waals surface area contributed by atoms with E-state index in [-0.39, 0.29) is 11.8 Å². The Morgan fingerprint density at radius 2 is 1.40 bits per heavy atom. The second-order valence-electron chi connectivity index (χ2n) is 6.39. The van der Waals surface area contributed by atoms with Crippen molar-refractivity contribution in [2.75, 3.05) is 0 Å². The summed E-state index contributed by atoms with van der Waals surface area (Å²) in [7, 11) is 0. The molecule has 2 unspecified atom stereocenters. The Bertz CT molecular complexity index is 398. The summed E-state index contributed by atoms with van der Waals surface area (Å²) in [5.41, 5.74) is -0.885. The van der Waals surface area contributed by atoms with Crippen molar-refractivity contribution >= 4 is 12.2 Å². The predicted octanol–water partition coefficient (Wildman–Crippen LogP) is 3.76. The summed E-state index contributed by atoms with van der Waals surface area (Å²) in [6, 6.07) is 0. The normalized spacial score (nSPS) is 30.6. The SMILES string of the molecule is CC1CCCCC1C(N=C=O)(N=C=O)C1CCCCC1. The summed E-state index contributed by atoms with van der Waals surface area (Å²) in [6.07, 6.45) is 13.4. The van der Waals surface area contributed by atoms with E-state index in [0.717, 1.165) is 44.9 Å². The van der Waals surface area contributed by atoms with Gasteiger partial charge in [-0.15, -0.1) is 0 Å². The maximum absolute atomic E-state index is 11.0. The van der Waals surface area contributed by atoms with Gasteiger partial charge >= 0.3 is 0 Å². The Morgan fingerprint density at radius 3 is 1.95 bits per heavy atom. The van der Waals surface area contributed by atoms with Crippen molar-refractivity contribution in [2.45, 2.75) is 70.4 Å². The molecule has 0 bridgehead atoms. The van der Waals surface area contributed by atoms with Crippen molar-refractivity contribution < 1.29 is 9.59 Å². The number of aliphatic imine (C=N–C) groups is 2. The first kappa shape index (κ1) is 15.2. The van der Waals surface area contributed by atoms with Crippen molar-refractivity contribution in [3.8, 4) is 0 Å². The van der Waals surface area contributed by atoms with Gasteiger partial charge in [0.15, 0.2) is 5.66 Å². The zero-order valence-corrected chi connectivity index (χ0v) is 12.3. The number of rotatable bonds is 4. The molecule has 4 heteroatoms. The van der Waals surface area contributed by atoms with Gasteiger partial charge in [-0.05, 0) is 25.2 Å². The maximum atomic E-state index is 11.0. The van der Waals surface area contributed by atoms with E-state index in [1.54, 1.807) is 12.2 Å². The Kier molecular flexibility index (Phi) is 5.28.